The molecule has 0 aliphatic carbocycles. The average Bonchev–Trinajstić information content (AvgIpc) is 2.59. The van der Waals surface area contributed by atoms with E-state index in [1.807, 2.05) is 24.5 Å². The van der Waals surface area contributed by atoms with Crippen molar-refractivity contribution in [2.24, 2.45) is 0 Å². The molecular weight excluding hydrogens is 365 g/mol. The third-order valence-corrected chi connectivity index (χ3v) is 5.28. The van der Waals surface area contributed by atoms with Crippen molar-refractivity contribution in [2.45, 2.75) is 5.16 Å². The molecule has 0 amide bonds. The number of aromatic nitrogens is 2. The quantitative estimate of drug-likeness (QED) is 0.635. The number of hydrogen-bond acceptors (Lipinski definition) is 6. The number of halogens is 2. The number of likely N-dealkylation sites (N-methyl/N-ethyl adjacent to an activating group) is 1. The van der Waals surface area contributed by atoms with E-state index in [0.717, 1.165) is 42.8 Å². The molecule has 2 aromatic rings. The van der Waals surface area contributed by atoms with Gasteiger partial charge in [0, 0.05) is 32.2 Å². The second-order valence-corrected chi connectivity index (χ2v) is 7.17. The summed E-state index contributed by atoms with van der Waals surface area (Å²) in [5.41, 5.74) is 0.735. The van der Waals surface area contributed by atoms with E-state index in [1.165, 1.54) is 11.8 Å². The van der Waals surface area contributed by atoms with E-state index in [4.69, 9.17) is 23.2 Å². The van der Waals surface area contributed by atoms with Gasteiger partial charge in [-0.3, -0.25) is 0 Å². The molecule has 1 aliphatic rings. The lowest BCUT2D eigenvalue weighted by Gasteiger charge is -2.33. The van der Waals surface area contributed by atoms with Crippen LogP contribution in [0, 0.1) is 0 Å². The van der Waals surface area contributed by atoms with Crippen LogP contribution in [0.4, 0.5) is 17.3 Å². The Morgan fingerprint density at radius 3 is 2.58 bits per heavy atom. The highest BCUT2D eigenvalue weighted by Crippen LogP contribution is 2.32. The van der Waals surface area contributed by atoms with Crippen LogP contribution in [0.2, 0.25) is 10.0 Å². The van der Waals surface area contributed by atoms with Crippen LogP contribution in [0.5, 0.6) is 0 Å². The summed E-state index contributed by atoms with van der Waals surface area (Å²) in [7, 11) is 2.14. The minimum atomic E-state index is 0.490. The molecule has 1 aromatic carbocycles. The summed E-state index contributed by atoms with van der Waals surface area (Å²) in [4.78, 5) is 13.8. The van der Waals surface area contributed by atoms with Crippen molar-refractivity contribution < 1.29 is 0 Å². The lowest BCUT2D eigenvalue weighted by Crippen LogP contribution is -2.44. The second kappa shape index (κ2) is 7.78. The standard InChI is InChI=1S/C16H19Cl2N5S/c1-22-6-8-23(9-7-22)14-10-13(20-16(21-14)24-2)19-12-5-3-4-11(17)15(12)18/h3-5,10H,6-9H2,1-2H3,(H,19,20,21). The molecule has 0 radical (unpaired) electrons. The van der Waals surface area contributed by atoms with Gasteiger partial charge in [-0.2, -0.15) is 0 Å². The van der Waals surface area contributed by atoms with Gasteiger partial charge in [0.25, 0.3) is 0 Å². The SMILES string of the molecule is CSc1nc(Nc2cccc(Cl)c2Cl)cc(N2CCN(C)CC2)n1. The molecule has 24 heavy (non-hydrogen) atoms. The van der Waals surface area contributed by atoms with Gasteiger partial charge in [0.2, 0.25) is 0 Å². The molecule has 128 valence electrons. The van der Waals surface area contributed by atoms with Crippen molar-refractivity contribution in [1.82, 2.24) is 14.9 Å². The zero-order chi connectivity index (χ0) is 17.1. The van der Waals surface area contributed by atoms with Crippen molar-refractivity contribution in [3.8, 4) is 0 Å². The highest BCUT2D eigenvalue weighted by molar-refractivity contribution is 7.98. The molecular formula is C16H19Cl2N5S. The average molecular weight is 384 g/mol. The molecule has 1 fully saturated rings. The highest BCUT2D eigenvalue weighted by Gasteiger charge is 2.17. The summed E-state index contributed by atoms with van der Waals surface area (Å²) in [6, 6.07) is 7.46. The molecule has 1 aliphatic heterocycles. The maximum atomic E-state index is 6.26. The summed E-state index contributed by atoms with van der Waals surface area (Å²) in [6.45, 7) is 3.97. The first kappa shape index (κ1) is 17.6. The largest absolute Gasteiger partial charge is 0.354 e. The van der Waals surface area contributed by atoms with Crippen LogP contribution in [0.25, 0.3) is 0 Å². The van der Waals surface area contributed by atoms with Crippen molar-refractivity contribution in [1.29, 1.82) is 0 Å². The Hall–Kier alpha value is -1.21. The topological polar surface area (TPSA) is 44.3 Å². The second-order valence-electron chi connectivity index (χ2n) is 5.61. The lowest BCUT2D eigenvalue weighted by molar-refractivity contribution is 0.312. The molecule has 0 spiro atoms. The first-order valence-corrected chi connectivity index (χ1v) is 9.62. The number of piperazine rings is 1. The summed E-state index contributed by atoms with van der Waals surface area (Å²) in [5.74, 6) is 1.65. The summed E-state index contributed by atoms with van der Waals surface area (Å²) < 4.78 is 0. The van der Waals surface area contributed by atoms with E-state index in [9.17, 15) is 0 Å². The van der Waals surface area contributed by atoms with Crippen LogP contribution in [-0.4, -0.2) is 54.4 Å². The van der Waals surface area contributed by atoms with Crippen LogP contribution < -0.4 is 10.2 Å². The van der Waals surface area contributed by atoms with Gasteiger partial charge in [0.1, 0.15) is 11.6 Å². The number of nitrogens with zero attached hydrogens (tertiary/aromatic N) is 4. The van der Waals surface area contributed by atoms with Gasteiger partial charge in [-0.15, -0.1) is 0 Å². The molecule has 8 heteroatoms. The first-order valence-electron chi connectivity index (χ1n) is 7.64. The van der Waals surface area contributed by atoms with Crippen LogP contribution in [0.1, 0.15) is 0 Å². The van der Waals surface area contributed by atoms with Gasteiger partial charge in [0.05, 0.1) is 15.7 Å². The number of hydrogen-bond donors (Lipinski definition) is 1. The Morgan fingerprint density at radius 2 is 1.88 bits per heavy atom. The summed E-state index contributed by atoms with van der Waals surface area (Å²) >= 11 is 13.9. The van der Waals surface area contributed by atoms with Crippen molar-refractivity contribution in [3.63, 3.8) is 0 Å². The zero-order valence-electron chi connectivity index (χ0n) is 13.6. The lowest BCUT2D eigenvalue weighted by atomic mass is 10.3. The van der Waals surface area contributed by atoms with E-state index in [-0.39, 0.29) is 0 Å². The molecule has 0 saturated carbocycles. The smallest absolute Gasteiger partial charge is 0.191 e. The zero-order valence-corrected chi connectivity index (χ0v) is 15.9. The number of rotatable bonds is 4. The molecule has 1 N–H and O–H groups in total. The maximum Gasteiger partial charge on any atom is 0.191 e. The predicted octanol–water partition coefficient (Wildman–Crippen LogP) is 4.00. The third kappa shape index (κ3) is 4.06. The van der Waals surface area contributed by atoms with Crippen molar-refractivity contribution in [2.75, 3.05) is 49.7 Å². The fourth-order valence-electron chi connectivity index (χ4n) is 2.50. The van der Waals surface area contributed by atoms with E-state index in [1.54, 1.807) is 6.07 Å². The fourth-order valence-corrected chi connectivity index (χ4v) is 3.23. The minimum absolute atomic E-state index is 0.490. The normalized spacial score (nSPS) is 15.6. The van der Waals surface area contributed by atoms with Gasteiger partial charge in [-0.1, -0.05) is 41.0 Å². The molecule has 1 saturated heterocycles. The maximum absolute atomic E-state index is 6.26. The Bertz CT molecular complexity index is 720. The Labute approximate surface area is 156 Å². The molecule has 0 bridgehead atoms. The van der Waals surface area contributed by atoms with Crippen LogP contribution in [0.15, 0.2) is 29.4 Å². The summed E-state index contributed by atoms with van der Waals surface area (Å²) in [5, 5.41) is 4.99. The van der Waals surface area contributed by atoms with E-state index < -0.39 is 0 Å². The number of nitrogens with one attached hydrogen (secondary N) is 1. The monoisotopic (exact) mass is 383 g/mol. The van der Waals surface area contributed by atoms with Gasteiger partial charge in [-0.05, 0) is 25.4 Å². The molecule has 0 unspecified atom stereocenters. The molecule has 3 rings (SSSR count). The van der Waals surface area contributed by atoms with Gasteiger partial charge < -0.3 is 15.1 Å². The van der Waals surface area contributed by atoms with Gasteiger partial charge >= 0.3 is 0 Å². The molecule has 2 heterocycles. The van der Waals surface area contributed by atoms with Crippen LogP contribution in [-0.2, 0) is 0 Å². The van der Waals surface area contributed by atoms with Crippen molar-refractivity contribution >= 4 is 52.3 Å². The molecule has 5 nitrogen and oxygen atoms in total. The highest BCUT2D eigenvalue weighted by atomic mass is 35.5. The fraction of sp³-hybridized carbons (Fsp3) is 0.375. The van der Waals surface area contributed by atoms with Gasteiger partial charge in [-0.25, -0.2) is 9.97 Å². The number of thioether (sulfide) groups is 1. The van der Waals surface area contributed by atoms with E-state index in [0.29, 0.717) is 15.9 Å². The third-order valence-electron chi connectivity index (χ3n) is 3.92. The minimum Gasteiger partial charge on any atom is -0.354 e. The van der Waals surface area contributed by atoms with Crippen LogP contribution >= 0.6 is 35.0 Å². The molecule has 1 aromatic heterocycles. The Morgan fingerprint density at radius 1 is 1.12 bits per heavy atom. The van der Waals surface area contributed by atoms with Crippen LogP contribution in [0.3, 0.4) is 0 Å². The number of benzene rings is 1. The molecule has 0 atom stereocenters. The van der Waals surface area contributed by atoms with E-state index in [2.05, 4.69) is 32.1 Å². The predicted molar refractivity (Wildman–Crippen MR) is 103 cm³/mol. The first-order chi connectivity index (χ1) is 11.6. The van der Waals surface area contributed by atoms with E-state index >= 15 is 0 Å². The van der Waals surface area contributed by atoms with Crippen molar-refractivity contribution in [3.05, 3.63) is 34.3 Å². The Balaban J connectivity index is 1.87. The number of anilines is 3. The Kier molecular flexibility index (Phi) is 5.71. The summed E-state index contributed by atoms with van der Waals surface area (Å²) in [6.07, 6.45) is 1.97. The van der Waals surface area contributed by atoms with Gasteiger partial charge in [0.15, 0.2) is 5.16 Å².